The zero-order valence-electron chi connectivity index (χ0n) is 11.8. The van der Waals surface area contributed by atoms with Gasteiger partial charge >= 0.3 is 0 Å². The summed E-state index contributed by atoms with van der Waals surface area (Å²) < 4.78 is 0. The minimum absolute atomic E-state index is 0.504. The van der Waals surface area contributed by atoms with Gasteiger partial charge in [0.15, 0.2) is 5.82 Å². The highest BCUT2D eigenvalue weighted by Gasteiger charge is 2.05. The summed E-state index contributed by atoms with van der Waals surface area (Å²) in [4.78, 5) is 8.47. The molecule has 0 aliphatic heterocycles. The second kappa shape index (κ2) is 7.10. The summed E-state index contributed by atoms with van der Waals surface area (Å²) in [6, 6.07) is 8.31. The lowest BCUT2D eigenvalue weighted by molar-refractivity contribution is 0.922. The van der Waals surface area contributed by atoms with E-state index in [0.29, 0.717) is 16.8 Å². The number of nitrogens with zero attached hydrogens (tertiary/aromatic N) is 2. The average Bonchev–Trinajstić information content (AvgIpc) is 2.45. The highest BCUT2D eigenvalue weighted by Crippen LogP contribution is 2.24. The van der Waals surface area contributed by atoms with Crippen LogP contribution < -0.4 is 10.6 Å². The highest BCUT2D eigenvalue weighted by molar-refractivity contribution is 6.32. The van der Waals surface area contributed by atoms with Gasteiger partial charge in [0.2, 0.25) is 5.95 Å². The fourth-order valence-electron chi connectivity index (χ4n) is 1.88. The minimum Gasteiger partial charge on any atom is -0.354 e. The second-order valence-electron chi connectivity index (χ2n) is 4.49. The van der Waals surface area contributed by atoms with Crippen molar-refractivity contribution in [1.29, 1.82) is 0 Å². The number of aromatic nitrogens is 2. The zero-order chi connectivity index (χ0) is 14.4. The molecule has 0 bridgehead atoms. The molecule has 106 valence electrons. The number of benzene rings is 1. The molecule has 0 atom stereocenters. The average molecular weight is 291 g/mol. The van der Waals surface area contributed by atoms with Crippen LogP contribution in [-0.2, 0) is 6.42 Å². The highest BCUT2D eigenvalue weighted by atomic mass is 35.5. The van der Waals surface area contributed by atoms with E-state index in [9.17, 15) is 0 Å². The number of hydrogen-bond donors (Lipinski definition) is 2. The van der Waals surface area contributed by atoms with Crippen LogP contribution >= 0.6 is 11.6 Å². The molecule has 0 fully saturated rings. The first kappa shape index (κ1) is 14.6. The maximum Gasteiger partial charge on any atom is 0.224 e. The third-order valence-corrected chi connectivity index (χ3v) is 3.11. The second-order valence-corrected chi connectivity index (χ2v) is 4.90. The van der Waals surface area contributed by atoms with Crippen LogP contribution in [0.15, 0.2) is 30.5 Å². The molecule has 1 aromatic heterocycles. The SMILES string of the molecule is CCCc1ccc(Nc2nc(NCC)ncc2Cl)cc1. The number of rotatable bonds is 6. The maximum absolute atomic E-state index is 6.11. The molecule has 0 unspecified atom stereocenters. The van der Waals surface area contributed by atoms with Crippen LogP contribution in [0, 0.1) is 0 Å². The fourth-order valence-corrected chi connectivity index (χ4v) is 2.02. The molecule has 0 spiro atoms. The molecule has 4 nitrogen and oxygen atoms in total. The quantitative estimate of drug-likeness (QED) is 0.835. The molecule has 1 aromatic carbocycles. The number of aryl methyl sites for hydroxylation is 1. The van der Waals surface area contributed by atoms with Gasteiger partial charge < -0.3 is 10.6 Å². The van der Waals surface area contributed by atoms with E-state index in [4.69, 9.17) is 11.6 Å². The topological polar surface area (TPSA) is 49.8 Å². The molecule has 20 heavy (non-hydrogen) atoms. The Morgan fingerprint density at radius 1 is 1.15 bits per heavy atom. The maximum atomic E-state index is 6.11. The van der Waals surface area contributed by atoms with Crippen molar-refractivity contribution in [2.45, 2.75) is 26.7 Å². The van der Waals surface area contributed by atoms with Crippen LogP contribution in [0.1, 0.15) is 25.8 Å². The van der Waals surface area contributed by atoms with Crippen LogP contribution in [0.2, 0.25) is 5.02 Å². The summed E-state index contributed by atoms with van der Waals surface area (Å²) in [7, 11) is 0. The summed E-state index contributed by atoms with van der Waals surface area (Å²) in [5, 5.41) is 6.79. The Labute approximate surface area is 124 Å². The van der Waals surface area contributed by atoms with E-state index in [1.165, 1.54) is 5.56 Å². The Balaban J connectivity index is 2.14. The van der Waals surface area contributed by atoms with E-state index in [1.54, 1.807) is 6.20 Å². The standard InChI is InChI=1S/C15H19ClN4/c1-3-5-11-6-8-12(9-7-11)19-14-13(16)10-18-15(20-14)17-4-2/h6-10H,3-5H2,1-2H3,(H2,17,18,19,20). The van der Waals surface area contributed by atoms with Crippen molar-refractivity contribution in [2.75, 3.05) is 17.2 Å². The van der Waals surface area contributed by atoms with Gasteiger partial charge in [0, 0.05) is 12.2 Å². The van der Waals surface area contributed by atoms with Gasteiger partial charge in [0.1, 0.15) is 5.02 Å². The van der Waals surface area contributed by atoms with E-state index in [0.717, 1.165) is 25.1 Å². The molecule has 0 saturated carbocycles. The van der Waals surface area contributed by atoms with Crippen molar-refractivity contribution in [1.82, 2.24) is 9.97 Å². The molecule has 2 N–H and O–H groups in total. The molecule has 0 aliphatic rings. The Morgan fingerprint density at radius 3 is 2.55 bits per heavy atom. The lowest BCUT2D eigenvalue weighted by Crippen LogP contribution is -2.04. The van der Waals surface area contributed by atoms with E-state index in [1.807, 2.05) is 19.1 Å². The molecule has 0 saturated heterocycles. The first-order chi connectivity index (χ1) is 9.72. The zero-order valence-corrected chi connectivity index (χ0v) is 12.5. The number of hydrogen-bond acceptors (Lipinski definition) is 4. The van der Waals surface area contributed by atoms with Gasteiger partial charge in [-0.05, 0) is 31.0 Å². The molecule has 0 radical (unpaired) electrons. The number of halogens is 1. The van der Waals surface area contributed by atoms with Crippen molar-refractivity contribution in [3.63, 3.8) is 0 Å². The van der Waals surface area contributed by atoms with Crippen molar-refractivity contribution in [3.05, 3.63) is 41.0 Å². The molecular formula is C15H19ClN4. The van der Waals surface area contributed by atoms with Crippen LogP contribution in [0.5, 0.6) is 0 Å². The van der Waals surface area contributed by atoms with Gasteiger partial charge in [-0.15, -0.1) is 0 Å². The first-order valence-electron chi connectivity index (χ1n) is 6.85. The van der Waals surface area contributed by atoms with E-state index < -0.39 is 0 Å². The van der Waals surface area contributed by atoms with Gasteiger partial charge in [-0.25, -0.2) is 4.98 Å². The van der Waals surface area contributed by atoms with Gasteiger partial charge in [-0.3, -0.25) is 0 Å². The summed E-state index contributed by atoms with van der Waals surface area (Å²) in [5.74, 6) is 1.18. The monoisotopic (exact) mass is 290 g/mol. The summed E-state index contributed by atoms with van der Waals surface area (Å²) in [6.45, 7) is 4.94. The van der Waals surface area contributed by atoms with E-state index >= 15 is 0 Å². The van der Waals surface area contributed by atoms with Gasteiger partial charge in [-0.2, -0.15) is 4.98 Å². The Hall–Kier alpha value is -1.81. The van der Waals surface area contributed by atoms with E-state index in [2.05, 4.69) is 39.7 Å². The molecule has 5 heteroatoms. The number of anilines is 3. The van der Waals surface area contributed by atoms with Crippen LogP contribution in [0.25, 0.3) is 0 Å². The van der Waals surface area contributed by atoms with Crippen molar-refractivity contribution < 1.29 is 0 Å². The largest absolute Gasteiger partial charge is 0.354 e. The summed E-state index contributed by atoms with van der Waals surface area (Å²) >= 11 is 6.11. The molecule has 0 aliphatic carbocycles. The Morgan fingerprint density at radius 2 is 1.90 bits per heavy atom. The minimum atomic E-state index is 0.504. The van der Waals surface area contributed by atoms with Crippen molar-refractivity contribution in [2.24, 2.45) is 0 Å². The Kier molecular flexibility index (Phi) is 5.18. The summed E-state index contributed by atoms with van der Waals surface area (Å²) in [5.41, 5.74) is 2.30. The number of nitrogens with one attached hydrogen (secondary N) is 2. The van der Waals surface area contributed by atoms with Crippen molar-refractivity contribution >= 4 is 29.1 Å². The van der Waals surface area contributed by atoms with E-state index in [-0.39, 0.29) is 0 Å². The van der Waals surface area contributed by atoms with Crippen LogP contribution in [-0.4, -0.2) is 16.5 Å². The van der Waals surface area contributed by atoms with Crippen LogP contribution in [0.4, 0.5) is 17.5 Å². The van der Waals surface area contributed by atoms with Crippen LogP contribution in [0.3, 0.4) is 0 Å². The lowest BCUT2D eigenvalue weighted by atomic mass is 10.1. The lowest BCUT2D eigenvalue weighted by Gasteiger charge is -2.10. The summed E-state index contributed by atoms with van der Waals surface area (Å²) in [6.07, 6.45) is 3.84. The third-order valence-electron chi connectivity index (χ3n) is 2.83. The first-order valence-corrected chi connectivity index (χ1v) is 7.23. The molecule has 2 aromatic rings. The molecular weight excluding hydrogens is 272 g/mol. The molecule has 1 heterocycles. The van der Waals surface area contributed by atoms with Crippen molar-refractivity contribution in [3.8, 4) is 0 Å². The molecule has 2 rings (SSSR count). The third kappa shape index (κ3) is 3.84. The van der Waals surface area contributed by atoms with Gasteiger partial charge in [0.25, 0.3) is 0 Å². The normalized spacial score (nSPS) is 10.3. The Bertz CT molecular complexity index is 554. The smallest absolute Gasteiger partial charge is 0.224 e. The predicted molar refractivity (Wildman–Crippen MR) is 84.9 cm³/mol. The fraction of sp³-hybridized carbons (Fsp3) is 0.333. The predicted octanol–water partition coefficient (Wildman–Crippen LogP) is 4.26. The van der Waals surface area contributed by atoms with Gasteiger partial charge in [-0.1, -0.05) is 37.1 Å². The molecule has 0 amide bonds. The van der Waals surface area contributed by atoms with Gasteiger partial charge in [0.05, 0.1) is 6.20 Å².